The number of carbonyl (C=O) groups excluding carboxylic acids is 3. The summed E-state index contributed by atoms with van der Waals surface area (Å²) in [7, 11) is 0. The van der Waals surface area contributed by atoms with Gasteiger partial charge in [0, 0.05) is 19.4 Å². The van der Waals surface area contributed by atoms with Gasteiger partial charge in [-0.25, -0.2) is 4.79 Å². The van der Waals surface area contributed by atoms with Crippen molar-refractivity contribution < 1.29 is 24.0 Å². The number of carbonyl (C=O) groups is 3. The number of ether oxygens (including phenoxy) is 1. The number of nitrogens with zero attached hydrogens (tertiary/aromatic N) is 1. The van der Waals surface area contributed by atoms with E-state index in [9.17, 15) is 14.4 Å². The average molecular weight is 443 g/mol. The summed E-state index contributed by atoms with van der Waals surface area (Å²) in [4.78, 5) is 41.1. The zero-order valence-corrected chi connectivity index (χ0v) is 18.4. The lowest BCUT2D eigenvalue weighted by Crippen LogP contribution is -2.33. The summed E-state index contributed by atoms with van der Waals surface area (Å²) in [5.74, 6) is -1.78. The number of benzene rings is 3. The Morgan fingerprint density at radius 2 is 1.27 bits per heavy atom. The molecule has 1 heterocycles. The number of hydrogen-bond acceptors (Lipinski definition) is 5. The normalized spacial score (nSPS) is 13.9. The van der Waals surface area contributed by atoms with Crippen molar-refractivity contribution in [1.29, 1.82) is 0 Å². The molecular weight excluding hydrogens is 418 g/mol. The van der Waals surface area contributed by atoms with Gasteiger partial charge in [-0.15, -0.1) is 5.06 Å². The van der Waals surface area contributed by atoms with E-state index in [4.69, 9.17) is 9.57 Å². The standard InChI is InChI=1S/C27H25NO5/c1-2-19-32-27(21-9-5-3-6-10-21,22-11-7-4-8-12-22)23-15-13-20(14-16-23)26(31)33-28-24(29)17-18-25(28)30/h3-16H,2,17-19H2,1H3. The molecule has 3 aromatic carbocycles. The van der Waals surface area contributed by atoms with Crippen LogP contribution in [-0.4, -0.2) is 29.5 Å². The zero-order chi connectivity index (χ0) is 23.3. The molecule has 0 atom stereocenters. The molecule has 0 N–H and O–H groups in total. The van der Waals surface area contributed by atoms with Crippen molar-refractivity contribution in [3.8, 4) is 0 Å². The SMILES string of the molecule is CCCOC(c1ccccc1)(c1ccccc1)c1ccc(C(=O)ON2C(=O)CCC2=O)cc1. The fraction of sp³-hybridized carbons (Fsp3) is 0.222. The van der Waals surface area contributed by atoms with Crippen molar-refractivity contribution in [3.63, 3.8) is 0 Å². The van der Waals surface area contributed by atoms with Gasteiger partial charge in [0.05, 0.1) is 5.56 Å². The maximum atomic E-state index is 12.6. The van der Waals surface area contributed by atoms with Gasteiger partial charge in [-0.05, 0) is 35.2 Å². The van der Waals surface area contributed by atoms with Crippen molar-refractivity contribution in [1.82, 2.24) is 5.06 Å². The molecule has 0 aliphatic carbocycles. The molecule has 3 aromatic rings. The fourth-order valence-electron chi connectivity index (χ4n) is 3.99. The Balaban J connectivity index is 1.73. The van der Waals surface area contributed by atoms with Crippen LogP contribution in [-0.2, 0) is 24.8 Å². The van der Waals surface area contributed by atoms with Crippen LogP contribution in [0.2, 0.25) is 0 Å². The van der Waals surface area contributed by atoms with Gasteiger partial charge in [-0.3, -0.25) is 9.59 Å². The van der Waals surface area contributed by atoms with E-state index >= 15 is 0 Å². The highest BCUT2D eigenvalue weighted by Crippen LogP contribution is 2.40. The van der Waals surface area contributed by atoms with E-state index in [0.29, 0.717) is 11.7 Å². The summed E-state index contributed by atoms with van der Waals surface area (Å²) in [6.07, 6.45) is 0.941. The number of hydroxylamine groups is 2. The summed E-state index contributed by atoms with van der Waals surface area (Å²) >= 11 is 0. The molecule has 0 radical (unpaired) electrons. The molecule has 2 amide bonds. The van der Waals surface area contributed by atoms with Gasteiger partial charge in [-0.2, -0.15) is 0 Å². The van der Waals surface area contributed by atoms with E-state index in [-0.39, 0.29) is 18.4 Å². The van der Waals surface area contributed by atoms with Crippen LogP contribution in [0.3, 0.4) is 0 Å². The smallest absolute Gasteiger partial charge is 0.361 e. The van der Waals surface area contributed by atoms with E-state index < -0.39 is 23.4 Å². The topological polar surface area (TPSA) is 72.9 Å². The Kier molecular flexibility index (Phi) is 6.66. The minimum atomic E-state index is -0.873. The average Bonchev–Trinajstić information content (AvgIpc) is 3.18. The third-order valence-electron chi connectivity index (χ3n) is 5.59. The lowest BCUT2D eigenvalue weighted by Gasteiger charge is -2.36. The van der Waals surface area contributed by atoms with Crippen molar-refractivity contribution in [2.24, 2.45) is 0 Å². The predicted molar refractivity (Wildman–Crippen MR) is 122 cm³/mol. The van der Waals surface area contributed by atoms with Crippen LogP contribution in [0.25, 0.3) is 0 Å². The number of hydrogen-bond donors (Lipinski definition) is 0. The first-order chi connectivity index (χ1) is 16.1. The Morgan fingerprint density at radius 3 is 1.76 bits per heavy atom. The Bertz CT molecular complexity index is 1070. The van der Waals surface area contributed by atoms with Crippen LogP contribution in [0.15, 0.2) is 84.9 Å². The quantitative estimate of drug-likeness (QED) is 0.375. The molecular formula is C27H25NO5. The maximum Gasteiger partial charge on any atom is 0.363 e. The molecule has 0 unspecified atom stereocenters. The highest BCUT2D eigenvalue weighted by molar-refractivity contribution is 6.02. The van der Waals surface area contributed by atoms with Crippen LogP contribution in [0, 0.1) is 0 Å². The summed E-state index contributed by atoms with van der Waals surface area (Å²) in [6, 6.07) is 26.8. The van der Waals surface area contributed by atoms with E-state index in [1.165, 1.54) is 0 Å². The van der Waals surface area contributed by atoms with E-state index in [0.717, 1.165) is 23.1 Å². The second kappa shape index (κ2) is 9.79. The van der Waals surface area contributed by atoms with Gasteiger partial charge in [-0.1, -0.05) is 79.7 Å². The molecule has 1 fully saturated rings. The molecule has 168 valence electrons. The van der Waals surface area contributed by atoms with Crippen molar-refractivity contribution in [2.75, 3.05) is 6.61 Å². The number of imide groups is 1. The molecule has 0 bridgehead atoms. The molecule has 1 aliphatic heterocycles. The third kappa shape index (κ3) is 4.43. The van der Waals surface area contributed by atoms with Crippen LogP contribution in [0.5, 0.6) is 0 Å². The molecule has 1 saturated heterocycles. The van der Waals surface area contributed by atoms with E-state index in [1.54, 1.807) is 12.1 Å². The minimum absolute atomic E-state index is 0.0521. The first-order valence-corrected chi connectivity index (χ1v) is 11.0. The summed E-state index contributed by atoms with van der Waals surface area (Å²) in [6.45, 7) is 2.59. The number of amides is 2. The Morgan fingerprint density at radius 1 is 0.788 bits per heavy atom. The zero-order valence-electron chi connectivity index (χ0n) is 18.4. The van der Waals surface area contributed by atoms with Gasteiger partial charge in [0.15, 0.2) is 0 Å². The van der Waals surface area contributed by atoms with Crippen molar-refractivity contribution in [2.45, 2.75) is 31.8 Å². The predicted octanol–water partition coefficient (Wildman–Crippen LogP) is 4.63. The van der Waals surface area contributed by atoms with Gasteiger partial charge >= 0.3 is 5.97 Å². The van der Waals surface area contributed by atoms with Crippen molar-refractivity contribution in [3.05, 3.63) is 107 Å². The summed E-state index contributed by atoms with van der Waals surface area (Å²) in [5.41, 5.74) is 2.14. The lowest BCUT2D eigenvalue weighted by molar-refractivity contribution is -0.172. The molecule has 0 spiro atoms. The Hall–Kier alpha value is -3.77. The largest absolute Gasteiger partial charge is 0.363 e. The van der Waals surface area contributed by atoms with Crippen LogP contribution in [0.4, 0.5) is 0 Å². The monoisotopic (exact) mass is 443 g/mol. The molecule has 6 nitrogen and oxygen atoms in total. The third-order valence-corrected chi connectivity index (χ3v) is 5.59. The molecule has 33 heavy (non-hydrogen) atoms. The van der Waals surface area contributed by atoms with E-state index in [2.05, 4.69) is 6.92 Å². The molecule has 4 rings (SSSR count). The van der Waals surface area contributed by atoms with Crippen LogP contribution >= 0.6 is 0 Å². The maximum absolute atomic E-state index is 12.6. The summed E-state index contributed by atoms with van der Waals surface area (Å²) in [5, 5.41) is 0.554. The van der Waals surface area contributed by atoms with Gasteiger partial charge in [0.25, 0.3) is 11.8 Å². The van der Waals surface area contributed by atoms with Gasteiger partial charge < -0.3 is 9.57 Å². The highest BCUT2D eigenvalue weighted by atomic mass is 16.7. The number of rotatable bonds is 8. The highest BCUT2D eigenvalue weighted by Gasteiger charge is 2.38. The van der Waals surface area contributed by atoms with Gasteiger partial charge in [0.2, 0.25) is 0 Å². The van der Waals surface area contributed by atoms with Crippen LogP contribution in [0.1, 0.15) is 53.2 Å². The molecule has 6 heteroatoms. The molecule has 0 saturated carbocycles. The fourth-order valence-corrected chi connectivity index (χ4v) is 3.99. The van der Waals surface area contributed by atoms with Gasteiger partial charge in [0.1, 0.15) is 5.60 Å². The second-order valence-corrected chi connectivity index (χ2v) is 7.80. The second-order valence-electron chi connectivity index (χ2n) is 7.80. The summed E-state index contributed by atoms with van der Waals surface area (Å²) < 4.78 is 6.56. The van der Waals surface area contributed by atoms with E-state index in [1.807, 2.05) is 72.8 Å². The molecule has 0 aromatic heterocycles. The first-order valence-electron chi connectivity index (χ1n) is 11.0. The first kappa shape index (κ1) is 22.4. The minimum Gasteiger partial charge on any atom is -0.361 e. The van der Waals surface area contributed by atoms with Crippen molar-refractivity contribution >= 4 is 17.8 Å². The lowest BCUT2D eigenvalue weighted by atomic mass is 9.80. The molecule has 1 aliphatic rings. The van der Waals surface area contributed by atoms with Crippen LogP contribution < -0.4 is 0 Å². The Labute approximate surface area is 192 Å².